The number of halogens is 1. The highest BCUT2D eigenvalue weighted by molar-refractivity contribution is 6.09. The van der Waals surface area contributed by atoms with Crippen molar-refractivity contribution in [3.63, 3.8) is 0 Å². The number of urea groups is 1. The molecule has 2 rings (SSSR count). The Morgan fingerprint density at radius 2 is 1.67 bits per heavy atom. The van der Waals surface area contributed by atoms with Crippen LogP contribution in [0.4, 0.5) is 9.18 Å². The zero-order valence-corrected chi connectivity index (χ0v) is 18.7. The number of hydrogen-bond acceptors (Lipinski definition) is 3. The van der Waals surface area contributed by atoms with Crippen LogP contribution in [0.5, 0.6) is 0 Å². The Morgan fingerprint density at radius 3 is 2.17 bits per heavy atom. The zero-order chi connectivity index (χ0) is 22.5. The van der Waals surface area contributed by atoms with E-state index in [1.807, 2.05) is 34.6 Å². The largest absolute Gasteiger partial charge is 0.341 e. The van der Waals surface area contributed by atoms with Crippen molar-refractivity contribution in [3.05, 3.63) is 35.6 Å². The number of benzene rings is 1. The van der Waals surface area contributed by atoms with Gasteiger partial charge in [-0.05, 0) is 36.0 Å². The first-order chi connectivity index (χ1) is 14.1. The number of carbonyl (C=O) groups is 3. The summed E-state index contributed by atoms with van der Waals surface area (Å²) in [7, 11) is 0. The van der Waals surface area contributed by atoms with Gasteiger partial charge in [0, 0.05) is 13.1 Å². The van der Waals surface area contributed by atoms with Gasteiger partial charge in [-0.3, -0.25) is 14.5 Å². The molecule has 1 aromatic carbocycles. The molecular formula is C23H34FN3O3. The monoisotopic (exact) mass is 419 g/mol. The lowest BCUT2D eigenvalue weighted by Crippen LogP contribution is -2.47. The van der Waals surface area contributed by atoms with E-state index in [2.05, 4.69) is 5.32 Å². The average molecular weight is 420 g/mol. The van der Waals surface area contributed by atoms with Gasteiger partial charge < -0.3 is 10.2 Å². The summed E-state index contributed by atoms with van der Waals surface area (Å²) in [5.74, 6) is -0.551. The van der Waals surface area contributed by atoms with Crippen LogP contribution in [0.1, 0.15) is 59.4 Å². The zero-order valence-electron chi connectivity index (χ0n) is 18.7. The number of rotatable bonds is 10. The summed E-state index contributed by atoms with van der Waals surface area (Å²) >= 11 is 0. The molecule has 1 N–H and O–H groups in total. The van der Waals surface area contributed by atoms with Gasteiger partial charge in [-0.1, -0.05) is 59.6 Å². The highest BCUT2D eigenvalue weighted by Crippen LogP contribution is 2.34. The minimum absolute atomic E-state index is 0.244. The van der Waals surface area contributed by atoms with Crippen LogP contribution in [0.15, 0.2) is 24.3 Å². The Morgan fingerprint density at radius 1 is 1.10 bits per heavy atom. The highest BCUT2D eigenvalue weighted by atomic mass is 19.1. The van der Waals surface area contributed by atoms with Gasteiger partial charge in [0.2, 0.25) is 5.91 Å². The lowest BCUT2D eigenvalue weighted by Gasteiger charge is -2.29. The fraction of sp³-hybridized carbons (Fsp3) is 0.609. The molecule has 1 aliphatic rings. The van der Waals surface area contributed by atoms with Crippen LogP contribution >= 0.6 is 0 Å². The van der Waals surface area contributed by atoms with E-state index < -0.39 is 23.3 Å². The third-order valence-electron chi connectivity index (χ3n) is 5.24. The first-order valence-electron chi connectivity index (χ1n) is 10.8. The van der Waals surface area contributed by atoms with Crippen LogP contribution in [0.3, 0.4) is 0 Å². The first kappa shape index (κ1) is 23.8. The van der Waals surface area contributed by atoms with Crippen molar-refractivity contribution in [2.45, 2.75) is 59.4 Å². The van der Waals surface area contributed by atoms with Crippen LogP contribution < -0.4 is 5.32 Å². The Balaban J connectivity index is 2.29. The van der Waals surface area contributed by atoms with Crippen LogP contribution in [-0.4, -0.2) is 47.3 Å². The molecule has 0 spiro atoms. The molecule has 1 atom stereocenters. The first-order valence-corrected chi connectivity index (χ1v) is 10.8. The Labute approximate surface area is 178 Å². The van der Waals surface area contributed by atoms with Crippen LogP contribution in [-0.2, 0) is 15.1 Å². The Kier molecular flexibility index (Phi) is 7.98. The van der Waals surface area contributed by atoms with Crippen molar-refractivity contribution in [3.8, 4) is 0 Å². The van der Waals surface area contributed by atoms with Gasteiger partial charge in [0.15, 0.2) is 0 Å². The molecule has 6 nitrogen and oxygen atoms in total. The standard InChI is InChI=1S/C23H34FN3O3/c1-6-7-12-23(18-8-10-19(24)11-9-18)21(29)27(22(30)25-23)15-20(28)26(13-16(2)3)14-17(4)5/h8-11,16-17H,6-7,12-15H2,1-5H3,(H,25,30)/t23-/m0/s1. The predicted molar refractivity (Wildman–Crippen MR) is 114 cm³/mol. The highest BCUT2D eigenvalue weighted by Gasteiger charge is 2.52. The Hall–Kier alpha value is -2.44. The van der Waals surface area contributed by atoms with Gasteiger partial charge >= 0.3 is 6.03 Å². The molecule has 1 aromatic rings. The van der Waals surface area contributed by atoms with Crippen LogP contribution in [0.2, 0.25) is 0 Å². The van der Waals surface area contributed by atoms with E-state index in [0.717, 1.165) is 11.3 Å². The van der Waals surface area contributed by atoms with Gasteiger partial charge in [-0.25, -0.2) is 9.18 Å². The summed E-state index contributed by atoms with van der Waals surface area (Å²) in [6.07, 6.45) is 1.94. The smallest absolute Gasteiger partial charge is 0.325 e. The van der Waals surface area contributed by atoms with E-state index in [1.54, 1.807) is 4.90 Å². The number of carbonyl (C=O) groups excluding carboxylic acids is 3. The van der Waals surface area contributed by atoms with Crippen LogP contribution in [0, 0.1) is 17.7 Å². The molecule has 0 radical (unpaired) electrons. The molecule has 0 aliphatic carbocycles. The van der Waals surface area contributed by atoms with E-state index in [9.17, 15) is 18.8 Å². The fourth-order valence-corrected chi connectivity index (χ4v) is 3.85. The summed E-state index contributed by atoms with van der Waals surface area (Å²) in [6, 6.07) is 5.03. The van der Waals surface area contributed by atoms with E-state index in [-0.39, 0.29) is 24.3 Å². The maximum absolute atomic E-state index is 13.4. The summed E-state index contributed by atoms with van der Waals surface area (Å²) in [5.41, 5.74) is -0.728. The third-order valence-corrected chi connectivity index (χ3v) is 5.24. The SMILES string of the molecule is CCCC[C@@]1(c2ccc(F)cc2)NC(=O)N(CC(=O)N(CC(C)C)CC(C)C)C1=O. The van der Waals surface area contributed by atoms with Crippen molar-refractivity contribution in [2.24, 2.45) is 11.8 Å². The molecule has 7 heteroatoms. The van der Waals surface area contributed by atoms with E-state index in [4.69, 9.17) is 0 Å². The van der Waals surface area contributed by atoms with Gasteiger partial charge in [0.1, 0.15) is 17.9 Å². The minimum atomic E-state index is -1.26. The normalized spacial score (nSPS) is 19.0. The molecule has 1 heterocycles. The minimum Gasteiger partial charge on any atom is -0.341 e. The third kappa shape index (κ3) is 5.37. The second-order valence-corrected chi connectivity index (χ2v) is 8.92. The molecule has 0 unspecified atom stereocenters. The summed E-state index contributed by atoms with van der Waals surface area (Å²) in [4.78, 5) is 41.9. The maximum atomic E-state index is 13.4. The van der Waals surface area contributed by atoms with Gasteiger partial charge in [-0.2, -0.15) is 0 Å². The van der Waals surface area contributed by atoms with Crippen molar-refractivity contribution in [1.82, 2.24) is 15.1 Å². The fourth-order valence-electron chi connectivity index (χ4n) is 3.85. The number of imide groups is 1. The average Bonchev–Trinajstić information content (AvgIpc) is 2.90. The van der Waals surface area contributed by atoms with E-state index >= 15 is 0 Å². The molecule has 1 fully saturated rings. The molecule has 1 aliphatic heterocycles. The molecule has 166 valence electrons. The van der Waals surface area contributed by atoms with Crippen molar-refractivity contribution in [1.29, 1.82) is 0 Å². The maximum Gasteiger partial charge on any atom is 0.325 e. The van der Waals surface area contributed by atoms with Crippen molar-refractivity contribution in [2.75, 3.05) is 19.6 Å². The molecular weight excluding hydrogens is 385 g/mol. The molecule has 0 bridgehead atoms. The second kappa shape index (κ2) is 10.0. The van der Waals surface area contributed by atoms with Crippen molar-refractivity contribution < 1.29 is 18.8 Å². The lowest BCUT2D eigenvalue weighted by molar-refractivity contribution is -0.140. The van der Waals surface area contributed by atoms with Gasteiger partial charge in [0.25, 0.3) is 5.91 Å². The number of amides is 4. The summed E-state index contributed by atoms with van der Waals surface area (Å²) in [5, 5.41) is 2.81. The Bertz CT molecular complexity index is 753. The number of nitrogens with zero attached hydrogens (tertiary/aromatic N) is 2. The molecule has 0 saturated carbocycles. The van der Waals surface area contributed by atoms with Gasteiger partial charge in [-0.15, -0.1) is 0 Å². The quantitative estimate of drug-likeness (QED) is 0.585. The second-order valence-electron chi connectivity index (χ2n) is 8.92. The van der Waals surface area contributed by atoms with Crippen molar-refractivity contribution >= 4 is 17.8 Å². The summed E-state index contributed by atoms with van der Waals surface area (Å²) < 4.78 is 13.4. The topological polar surface area (TPSA) is 69.7 Å². The molecule has 30 heavy (non-hydrogen) atoms. The number of hydrogen-bond donors (Lipinski definition) is 1. The molecule has 4 amide bonds. The molecule has 0 aromatic heterocycles. The number of unbranched alkanes of at least 4 members (excludes halogenated alkanes) is 1. The van der Waals surface area contributed by atoms with E-state index in [1.165, 1.54) is 24.3 Å². The summed E-state index contributed by atoms with van der Waals surface area (Å²) in [6.45, 7) is 10.9. The number of nitrogens with one attached hydrogen (secondary N) is 1. The van der Waals surface area contributed by atoms with Gasteiger partial charge in [0.05, 0.1) is 0 Å². The predicted octanol–water partition coefficient (Wildman–Crippen LogP) is 3.90. The van der Waals surface area contributed by atoms with E-state index in [0.29, 0.717) is 31.5 Å². The van der Waals surface area contributed by atoms with Crippen LogP contribution in [0.25, 0.3) is 0 Å². The molecule has 1 saturated heterocycles. The lowest BCUT2D eigenvalue weighted by atomic mass is 9.85.